The van der Waals surface area contributed by atoms with Crippen LogP contribution < -0.4 is 10.1 Å². The normalized spacial score (nSPS) is 12.3. The van der Waals surface area contributed by atoms with Crippen LogP contribution in [0.3, 0.4) is 0 Å². The maximum atomic E-state index is 13.2. The highest BCUT2D eigenvalue weighted by molar-refractivity contribution is 5.48. The van der Waals surface area contributed by atoms with Gasteiger partial charge in [0.25, 0.3) is 0 Å². The monoisotopic (exact) mass is 295 g/mol. The molecule has 0 aliphatic heterocycles. The van der Waals surface area contributed by atoms with E-state index in [1.165, 1.54) is 12.1 Å². The standard InChI is InChI=1S/C16H16F3NO/c1-10-8-13(6-7-15(10)17)20-11(2)12-4-3-5-14(9-12)21-16(18)19/h3-9,11,16,20H,1-2H3. The van der Waals surface area contributed by atoms with Crippen molar-refractivity contribution < 1.29 is 17.9 Å². The third kappa shape index (κ3) is 4.15. The highest BCUT2D eigenvalue weighted by Gasteiger charge is 2.09. The first-order valence-corrected chi connectivity index (χ1v) is 6.53. The van der Waals surface area contributed by atoms with Crippen LogP contribution in [-0.4, -0.2) is 6.61 Å². The van der Waals surface area contributed by atoms with E-state index < -0.39 is 6.61 Å². The van der Waals surface area contributed by atoms with Gasteiger partial charge in [-0.15, -0.1) is 0 Å². The summed E-state index contributed by atoms with van der Waals surface area (Å²) in [4.78, 5) is 0. The van der Waals surface area contributed by atoms with Gasteiger partial charge in [0, 0.05) is 11.7 Å². The molecule has 0 saturated carbocycles. The summed E-state index contributed by atoms with van der Waals surface area (Å²) in [5.74, 6) is -0.146. The van der Waals surface area contributed by atoms with E-state index in [0.717, 1.165) is 11.3 Å². The van der Waals surface area contributed by atoms with Crippen LogP contribution in [0.1, 0.15) is 24.1 Å². The van der Waals surface area contributed by atoms with Gasteiger partial charge in [0.1, 0.15) is 11.6 Å². The van der Waals surface area contributed by atoms with Crippen molar-refractivity contribution in [1.82, 2.24) is 0 Å². The first kappa shape index (κ1) is 15.2. The molecule has 2 rings (SSSR count). The molecule has 112 valence electrons. The van der Waals surface area contributed by atoms with E-state index in [-0.39, 0.29) is 17.6 Å². The molecule has 2 nitrogen and oxygen atoms in total. The molecule has 0 aliphatic carbocycles. The maximum Gasteiger partial charge on any atom is 0.387 e. The third-order valence-electron chi connectivity index (χ3n) is 3.12. The number of hydrogen-bond acceptors (Lipinski definition) is 2. The lowest BCUT2D eigenvalue weighted by Gasteiger charge is -2.17. The predicted octanol–water partition coefficient (Wildman–Crippen LogP) is 4.91. The van der Waals surface area contributed by atoms with Crippen molar-refractivity contribution in [3.8, 4) is 5.75 Å². The minimum atomic E-state index is -2.84. The minimum Gasteiger partial charge on any atom is -0.435 e. The van der Waals surface area contributed by atoms with Crippen LogP contribution in [0.15, 0.2) is 42.5 Å². The molecule has 21 heavy (non-hydrogen) atoms. The Hall–Kier alpha value is -2.17. The van der Waals surface area contributed by atoms with Crippen LogP contribution in [0, 0.1) is 12.7 Å². The minimum absolute atomic E-state index is 0.117. The molecule has 0 saturated heterocycles. The van der Waals surface area contributed by atoms with E-state index in [1.807, 2.05) is 13.0 Å². The molecule has 0 aromatic heterocycles. The second kappa shape index (κ2) is 6.52. The fourth-order valence-electron chi connectivity index (χ4n) is 2.03. The average Bonchev–Trinajstić information content (AvgIpc) is 2.42. The van der Waals surface area contributed by atoms with Crippen molar-refractivity contribution >= 4 is 5.69 Å². The highest BCUT2D eigenvalue weighted by atomic mass is 19.3. The Kier molecular flexibility index (Phi) is 4.73. The number of anilines is 1. The fourth-order valence-corrected chi connectivity index (χ4v) is 2.03. The van der Waals surface area contributed by atoms with E-state index in [0.29, 0.717) is 5.56 Å². The van der Waals surface area contributed by atoms with E-state index in [2.05, 4.69) is 10.1 Å². The highest BCUT2D eigenvalue weighted by Crippen LogP contribution is 2.24. The predicted molar refractivity (Wildman–Crippen MR) is 76.2 cm³/mol. The Morgan fingerprint density at radius 3 is 2.52 bits per heavy atom. The van der Waals surface area contributed by atoms with Crippen molar-refractivity contribution in [3.63, 3.8) is 0 Å². The molecule has 5 heteroatoms. The van der Waals surface area contributed by atoms with Gasteiger partial charge in [-0.2, -0.15) is 8.78 Å². The van der Waals surface area contributed by atoms with E-state index in [9.17, 15) is 13.2 Å². The zero-order valence-corrected chi connectivity index (χ0v) is 11.7. The number of nitrogens with one attached hydrogen (secondary N) is 1. The lowest BCUT2D eigenvalue weighted by atomic mass is 10.1. The van der Waals surface area contributed by atoms with E-state index in [1.54, 1.807) is 31.2 Å². The number of benzene rings is 2. The van der Waals surface area contributed by atoms with Crippen LogP contribution in [0.25, 0.3) is 0 Å². The summed E-state index contributed by atoms with van der Waals surface area (Å²) in [6.45, 7) is 0.728. The van der Waals surface area contributed by atoms with Gasteiger partial charge in [-0.1, -0.05) is 12.1 Å². The summed E-state index contributed by atoms with van der Waals surface area (Å²) in [5.41, 5.74) is 2.11. The SMILES string of the molecule is Cc1cc(NC(C)c2cccc(OC(F)F)c2)ccc1F. The summed E-state index contributed by atoms with van der Waals surface area (Å²) in [6.07, 6.45) is 0. The summed E-state index contributed by atoms with van der Waals surface area (Å²) in [7, 11) is 0. The van der Waals surface area contributed by atoms with Crippen LogP contribution >= 0.6 is 0 Å². The Balaban J connectivity index is 2.12. The number of alkyl halides is 2. The van der Waals surface area contributed by atoms with Gasteiger partial charge in [0.15, 0.2) is 0 Å². The van der Waals surface area contributed by atoms with Crippen molar-refractivity contribution in [2.75, 3.05) is 5.32 Å². The molecule has 1 N–H and O–H groups in total. The second-order valence-electron chi connectivity index (χ2n) is 4.78. The number of hydrogen-bond donors (Lipinski definition) is 1. The Labute approximate surface area is 121 Å². The van der Waals surface area contributed by atoms with E-state index >= 15 is 0 Å². The Morgan fingerprint density at radius 2 is 1.86 bits per heavy atom. The van der Waals surface area contributed by atoms with Gasteiger partial charge in [0.05, 0.1) is 0 Å². The number of rotatable bonds is 5. The van der Waals surface area contributed by atoms with Crippen molar-refractivity contribution in [2.45, 2.75) is 26.5 Å². The fraction of sp³-hybridized carbons (Fsp3) is 0.250. The van der Waals surface area contributed by atoms with Crippen LogP contribution in [0.4, 0.5) is 18.9 Å². The van der Waals surface area contributed by atoms with Gasteiger partial charge >= 0.3 is 6.61 Å². The van der Waals surface area contributed by atoms with Crippen LogP contribution in [0.2, 0.25) is 0 Å². The largest absolute Gasteiger partial charge is 0.435 e. The van der Waals surface area contributed by atoms with Crippen LogP contribution in [-0.2, 0) is 0 Å². The molecule has 2 aromatic carbocycles. The molecule has 0 amide bonds. The van der Waals surface area contributed by atoms with Crippen molar-refractivity contribution in [2.24, 2.45) is 0 Å². The lowest BCUT2D eigenvalue weighted by molar-refractivity contribution is -0.0498. The topological polar surface area (TPSA) is 21.3 Å². The molecule has 0 fully saturated rings. The molecule has 0 radical (unpaired) electrons. The van der Waals surface area contributed by atoms with Gasteiger partial charge in [-0.05, 0) is 55.3 Å². The number of ether oxygens (including phenoxy) is 1. The number of halogens is 3. The number of aryl methyl sites for hydroxylation is 1. The zero-order valence-electron chi connectivity index (χ0n) is 11.7. The quantitative estimate of drug-likeness (QED) is 0.846. The molecule has 0 heterocycles. The zero-order chi connectivity index (χ0) is 15.4. The first-order chi connectivity index (χ1) is 9.95. The van der Waals surface area contributed by atoms with Gasteiger partial charge in [-0.25, -0.2) is 4.39 Å². The van der Waals surface area contributed by atoms with Gasteiger partial charge < -0.3 is 10.1 Å². The lowest BCUT2D eigenvalue weighted by Crippen LogP contribution is -2.08. The smallest absolute Gasteiger partial charge is 0.387 e. The maximum absolute atomic E-state index is 13.2. The van der Waals surface area contributed by atoms with Crippen molar-refractivity contribution in [3.05, 3.63) is 59.4 Å². The molecule has 0 aliphatic rings. The average molecular weight is 295 g/mol. The Bertz CT molecular complexity index is 616. The third-order valence-corrected chi connectivity index (χ3v) is 3.12. The summed E-state index contributed by atoms with van der Waals surface area (Å²) in [6, 6.07) is 11.1. The van der Waals surface area contributed by atoms with Crippen LogP contribution in [0.5, 0.6) is 5.75 Å². The van der Waals surface area contributed by atoms with E-state index in [4.69, 9.17) is 0 Å². The molecular weight excluding hydrogens is 279 g/mol. The molecule has 0 spiro atoms. The molecular formula is C16H16F3NO. The second-order valence-corrected chi connectivity index (χ2v) is 4.78. The van der Waals surface area contributed by atoms with Gasteiger partial charge in [-0.3, -0.25) is 0 Å². The molecule has 0 bridgehead atoms. The summed E-state index contributed by atoms with van der Waals surface area (Å²) < 4.78 is 42.0. The molecule has 1 unspecified atom stereocenters. The molecule has 2 aromatic rings. The summed E-state index contributed by atoms with van der Waals surface area (Å²) in [5, 5.41) is 3.20. The first-order valence-electron chi connectivity index (χ1n) is 6.53. The molecule has 1 atom stereocenters. The Morgan fingerprint density at radius 1 is 1.10 bits per heavy atom. The van der Waals surface area contributed by atoms with Gasteiger partial charge in [0.2, 0.25) is 0 Å². The summed E-state index contributed by atoms with van der Waals surface area (Å²) >= 11 is 0. The van der Waals surface area contributed by atoms with Crippen molar-refractivity contribution in [1.29, 1.82) is 0 Å².